The lowest BCUT2D eigenvalue weighted by molar-refractivity contribution is 0.308. The van der Waals surface area contributed by atoms with E-state index in [1.807, 2.05) is 6.07 Å². The summed E-state index contributed by atoms with van der Waals surface area (Å²) in [4.78, 5) is 7.11. The van der Waals surface area contributed by atoms with E-state index < -0.39 is 0 Å². The van der Waals surface area contributed by atoms with Crippen LogP contribution < -0.4 is 10.1 Å². The number of rotatable bonds is 6. The van der Waals surface area contributed by atoms with E-state index in [1.54, 1.807) is 7.11 Å². The quantitative estimate of drug-likeness (QED) is 0.871. The van der Waals surface area contributed by atoms with Gasteiger partial charge in [0.05, 0.1) is 19.3 Å². The van der Waals surface area contributed by atoms with Crippen molar-refractivity contribution < 1.29 is 4.74 Å². The second kappa shape index (κ2) is 8.40. The van der Waals surface area contributed by atoms with Gasteiger partial charge in [0.15, 0.2) is 0 Å². The summed E-state index contributed by atoms with van der Waals surface area (Å²) in [7, 11) is 1.71. The van der Waals surface area contributed by atoms with Crippen molar-refractivity contribution in [2.24, 2.45) is 4.99 Å². The van der Waals surface area contributed by atoms with E-state index in [9.17, 15) is 0 Å². The lowest BCUT2D eigenvalue weighted by atomic mass is 10.2. The molecule has 1 aliphatic heterocycles. The normalized spacial score (nSPS) is 13.4. The van der Waals surface area contributed by atoms with Crippen molar-refractivity contribution in [2.75, 3.05) is 39.8 Å². The van der Waals surface area contributed by atoms with Crippen molar-refractivity contribution in [1.82, 2.24) is 14.8 Å². The van der Waals surface area contributed by atoms with Crippen LogP contribution in [-0.4, -0.2) is 55.1 Å². The smallest absolute Gasteiger partial charge is 0.145 e. The molecule has 0 bridgehead atoms. The zero-order chi connectivity index (χ0) is 16.2. The Labute approximate surface area is 150 Å². The first-order valence-corrected chi connectivity index (χ1v) is 8.45. The maximum Gasteiger partial charge on any atom is 0.145 e. The third kappa shape index (κ3) is 3.68. The highest BCUT2D eigenvalue weighted by Gasteiger charge is 2.17. The summed E-state index contributed by atoms with van der Waals surface area (Å²) in [6, 6.07) is 8.46. The number of hydrogen-bond donors (Lipinski definition) is 1. The van der Waals surface area contributed by atoms with Crippen LogP contribution in [0.5, 0.6) is 5.75 Å². The predicted octanol–water partition coefficient (Wildman–Crippen LogP) is 2.76. The second-order valence-electron chi connectivity index (χ2n) is 5.79. The molecule has 2 heterocycles. The molecule has 0 saturated carbocycles. The van der Waals surface area contributed by atoms with E-state index in [-0.39, 0.29) is 12.4 Å². The molecule has 0 unspecified atom stereocenters. The molecule has 1 aromatic carbocycles. The topological polar surface area (TPSA) is 41.8 Å². The number of fused-ring (bicyclic) bond motifs is 3. The molecule has 6 heteroatoms. The fourth-order valence-electron chi connectivity index (χ4n) is 3.17. The number of amidine groups is 1. The Bertz CT molecular complexity index is 706. The van der Waals surface area contributed by atoms with Crippen LogP contribution in [0.2, 0.25) is 0 Å². The van der Waals surface area contributed by atoms with Crippen LogP contribution in [0.25, 0.3) is 10.9 Å². The Morgan fingerprint density at radius 1 is 1.25 bits per heavy atom. The number of nitrogens with one attached hydrogen (secondary N) is 1. The number of nitrogens with zero attached hydrogens (tertiary/aromatic N) is 3. The fraction of sp³-hybridized carbons (Fsp3) is 0.500. The lowest BCUT2D eigenvalue weighted by Crippen LogP contribution is -2.37. The zero-order valence-corrected chi connectivity index (χ0v) is 15.5. The first-order valence-electron chi connectivity index (χ1n) is 8.45. The first kappa shape index (κ1) is 18.6. The highest BCUT2D eigenvalue weighted by molar-refractivity contribution is 6.02. The van der Waals surface area contributed by atoms with Gasteiger partial charge in [-0.15, -0.1) is 12.4 Å². The third-order valence-electron chi connectivity index (χ3n) is 4.56. The van der Waals surface area contributed by atoms with Crippen molar-refractivity contribution in [1.29, 1.82) is 0 Å². The maximum absolute atomic E-state index is 5.34. The van der Waals surface area contributed by atoms with Gasteiger partial charge in [-0.1, -0.05) is 13.8 Å². The van der Waals surface area contributed by atoms with E-state index in [0.717, 1.165) is 50.9 Å². The number of methoxy groups -OCH3 is 1. The van der Waals surface area contributed by atoms with E-state index in [0.29, 0.717) is 0 Å². The third-order valence-corrected chi connectivity index (χ3v) is 4.56. The molecular weight excluding hydrogens is 324 g/mol. The van der Waals surface area contributed by atoms with Crippen molar-refractivity contribution in [3.63, 3.8) is 0 Å². The van der Waals surface area contributed by atoms with Gasteiger partial charge in [-0.25, -0.2) is 0 Å². The standard InChI is InChI=1S/C18H26N4O.ClH/c1-4-21(5-2)10-8-19-18-17-13-14-12-15(23-3)6-7-16(14)22(17)11-9-20-18;/h6-7,12-13H,4-5,8-11H2,1-3H3,(H,19,20);1H. The number of halogens is 1. The Balaban J connectivity index is 0.00000208. The Morgan fingerprint density at radius 3 is 2.75 bits per heavy atom. The molecule has 0 radical (unpaired) electrons. The molecule has 132 valence electrons. The van der Waals surface area contributed by atoms with Crippen LogP contribution in [0, 0.1) is 0 Å². The van der Waals surface area contributed by atoms with Crippen LogP contribution in [0.1, 0.15) is 19.5 Å². The molecule has 1 aromatic heterocycles. The first-order chi connectivity index (χ1) is 11.3. The number of hydrogen-bond acceptors (Lipinski definition) is 4. The molecule has 0 fully saturated rings. The van der Waals surface area contributed by atoms with Crippen molar-refractivity contribution in [3.8, 4) is 5.75 Å². The molecule has 0 saturated heterocycles. The highest BCUT2D eigenvalue weighted by Crippen LogP contribution is 2.26. The largest absolute Gasteiger partial charge is 0.497 e. The van der Waals surface area contributed by atoms with Gasteiger partial charge >= 0.3 is 0 Å². The summed E-state index contributed by atoms with van der Waals surface area (Å²) < 4.78 is 7.69. The number of aliphatic imine (C=N–C) groups is 1. The molecular formula is C18H27ClN4O. The number of likely N-dealkylation sites (N-methyl/N-ethyl adjacent to an activating group) is 1. The number of benzene rings is 1. The zero-order valence-electron chi connectivity index (χ0n) is 14.7. The maximum atomic E-state index is 5.34. The van der Waals surface area contributed by atoms with Crippen molar-refractivity contribution in [3.05, 3.63) is 30.0 Å². The molecule has 24 heavy (non-hydrogen) atoms. The molecule has 5 nitrogen and oxygen atoms in total. The molecule has 1 aliphatic rings. The summed E-state index contributed by atoms with van der Waals surface area (Å²) in [5, 5.41) is 4.73. The van der Waals surface area contributed by atoms with Gasteiger partial charge in [-0.05, 0) is 37.4 Å². The van der Waals surface area contributed by atoms with Gasteiger partial charge in [0.1, 0.15) is 11.6 Å². The van der Waals surface area contributed by atoms with Crippen LogP contribution in [0.3, 0.4) is 0 Å². The van der Waals surface area contributed by atoms with Gasteiger partial charge in [0, 0.05) is 30.5 Å². The molecule has 0 spiro atoms. The number of aromatic nitrogens is 1. The lowest BCUT2D eigenvalue weighted by Gasteiger charge is -2.21. The van der Waals surface area contributed by atoms with Gasteiger partial charge < -0.3 is 19.5 Å². The van der Waals surface area contributed by atoms with E-state index >= 15 is 0 Å². The fourth-order valence-corrected chi connectivity index (χ4v) is 3.17. The van der Waals surface area contributed by atoms with Gasteiger partial charge in [-0.3, -0.25) is 4.99 Å². The summed E-state index contributed by atoms with van der Waals surface area (Å²) in [5.74, 6) is 1.91. The second-order valence-corrected chi connectivity index (χ2v) is 5.79. The molecule has 2 aromatic rings. The van der Waals surface area contributed by atoms with E-state index in [2.05, 4.69) is 46.8 Å². The van der Waals surface area contributed by atoms with Gasteiger partial charge in [0.2, 0.25) is 0 Å². The average molecular weight is 351 g/mol. The predicted molar refractivity (Wildman–Crippen MR) is 103 cm³/mol. The molecule has 0 aliphatic carbocycles. The monoisotopic (exact) mass is 350 g/mol. The minimum atomic E-state index is 0. The van der Waals surface area contributed by atoms with Crippen molar-refractivity contribution in [2.45, 2.75) is 20.4 Å². The van der Waals surface area contributed by atoms with Crippen LogP contribution in [0.15, 0.2) is 29.3 Å². The number of ether oxygens (including phenoxy) is 1. The van der Waals surface area contributed by atoms with Crippen LogP contribution in [0.4, 0.5) is 0 Å². The minimum Gasteiger partial charge on any atom is -0.497 e. The molecule has 0 amide bonds. The summed E-state index contributed by atoms with van der Waals surface area (Å²) in [6.07, 6.45) is 0. The van der Waals surface area contributed by atoms with Gasteiger partial charge in [-0.2, -0.15) is 0 Å². The summed E-state index contributed by atoms with van der Waals surface area (Å²) in [5.41, 5.74) is 2.43. The summed E-state index contributed by atoms with van der Waals surface area (Å²) in [6.45, 7) is 10.3. The SMILES string of the molecule is CCN(CC)CCNC1=NCCn2c1cc1cc(OC)ccc12.Cl. The Kier molecular flexibility index (Phi) is 6.52. The molecule has 0 atom stereocenters. The minimum absolute atomic E-state index is 0. The van der Waals surface area contributed by atoms with E-state index in [4.69, 9.17) is 9.73 Å². The summed E-state index contributed by atoms with van der Waals surface area (Å²) >= 11 is 0. The molecule has 1 N–H and O–H groups in total. The Morgan fingerprint density at radius 2 is 2.04 bits per heavy atom. The highest BCUT2D eigenvalue weighted by atomic mass is 35.5. The van der Waals surface area contributed by atoms with Crippen LogP contribution >= 0.6 is 12.4 Å². The Hall–Kier alpha value is -1.72. The van der Waals surface area contributed by atoms with Gasteiger partial charge in [0.25, 0.3) is 0 Å². The van der Waals surface area contributed by atoms with Crippen LogP contribution in [-0.2, 0) is 6.54 Å². The average Bonchev–Trinajstić information content (AvgIpc) is 2.97. The van der Waals surface area contributed by atoms with Crippen molar-refractivity contribution >= 4 is 29.1 Å². The van der Waals surface area contributed by atoms with E-state index in [1.165, 1.54) is 16.6 Å². The molecule has 3 rings (SSSR count).